The van der Waals surface area contributed by atoms with Crippen LogP contribution in [0, 0.1) is 6.92 Å². The van der Waals surface area contributed by atoms with Crippen LogP contribution in [0.4, 0.5) is 17.1 Å². The lowest BCUT2D eigenvalue weighted by molar-refractivity contribution is -0.777. The second kappa shape index (κ2) is 22.3. The Hall–Kier alpha value is -3.59. The minimum absolute atomic E-state index is 0.587. The number of anilines is 3. The molecule has 1 aliphatic carbocycles. The summed E-state index contributed by atoms with van der Waals surface area (Å²) in [5.74, 6) is 1.21. The van der Waals surface area contributed by atoms with Crippen molar-refractivity contribution in [3.8, 4) is 0 Å². The van der Waals surface area contributed by atoms with Gasteiger partial charge in [0.1, 0.15) is 4.70 Å². The molecule has 0 bridgehead atoms. The van der Waals surface area contributed by atoms with Gasteiger partial charge in [0.25, 0.3) is 5.01 Å². The van der Waals surface area contributed by atoms with Crippen LogP contribution >= 0.6 is 59.2 Å². The maximum absolute atomic E-state index is 10.4. The lowest BCUT2D eigenvalue weighted by Crippen LogP contribution is -2.35. The van der Waals surface area contributed by atoms with Crippen LogP contribution in [0.3, 0.4) is 0 Å². The molecule has 1 aliphatic heterocycles. The number of aromatic nitrogens is 1. The van der Waals surface area contributed by atoms with E-state index in [1.807, 2.05) is 18.2 Å². The van der Waals surface area contributed by atoms with Gasteiger partial charge in [-0.2, -0.15) is 17.6 Å². The van der Waals surface area contributed by atoms with Crippen LogP contribution in [0.15, 0.2) is 147 Å². The predicted octanol–water partition coefficient (Wildman–Crippen LogP) is 9.89. The van der Waals surface area contributed by atoms with Crippen molar-refractivity contribution in [1.82, 2.24) is 0 Å². The van der Waals surface area contributed by atoms with Gasteiger partial charge in [0, 0.05) is 81.9 Å². The average molecular weight is 889 g/mol. The summed E-state index contributed by atoms with van der Waals surface area (Å²) in [4.78, 5) is 11.7. The van der Waals surface area contributed by atoms with Gasteiger partial charge in [-0.25, -0.2) is 4.89 Å². The van der Waals surface area contributed by atoms with E-state index >= 15 is 0 Å². The normalized spacial score (nSPS) is 15.5. The average Bonchev–Trinajstić information content (AvgIpc) is 3.94. The van der Waals surface area contributed by atoms with E-state index in [0.717, 1.165) is 98.5 Å². The largest absolute Gasteiger partial charge is 0.691 e. The zero-order valence-corrected chi connectivity index (χ0v) is 36.4. The third-order valence-corrected chi connectivity index (χ3v) is 13.7. The summed E-state index contributed by atoms with van der Waals surface area (Å²) < 4.78 is 17.7. The van der Waals surface area contributed by atoms with Crippen molar-refractivity contribution in [2.75, 3.05) is 35.0 Å². The van der Waals surface area contributed by atoms with E-state index in [4.69, 9.17) is 9.22 Å². The molecule has 0 spiro atoms. The third-order valence-electron chi connectivity index (χ3n) is 9.53. The maximum Gasteiger partial charge on any atom is 0.262 e. The van der Waals surface area contributed by atoms with Crippen molar-refractivity contribution in [2.24, 2.45) is 0 Å². The molecule has 2 heterocycles. The second-order valence-corrected chi connectivity index (χ2v) is 17.8. The van der Waals surface area contributed by atoms with E-state index in [2.05, 4.69) is 143 Å². The first-order chi connectivity index (χ1) is 29.1. The minimum atomic E-state index is 0.587. The number of rotatable bonds is 21. The number of thiazole rings is 1. The summed E-state index contributed by atoms with van der Waals surface area (Å²) in [5.41, 5.74) is 9.21. The molecule has 0 saturated carbocycles. The third kappa shape index (κ3) is 11.2. The number of allylic oxidation sites excluding steroid dienone is 5. The molecule has 5 aromatic rings. The smallest absolute Gasteiger partial charge is 0.262 e. The molecule has 0 radical (unpaired) electrons. The molecule has 0 N–H and O–H groups in total. The van der Waals surface area contributed by atoms with Crippen LogP contribution in [0.5, 0.6) is 0 Å². The molecule has 4 aromatic carbocycles. The lowest BCUT2D eigenvalue weighted by atomic mass is 10.1. The fourth-order valence-corrected chi connectivity index (χ4v) is 10.3. The highest BCUT2D eigenvalue weighted by Gasteiger charge is 2.29. The molecule has 16 heteroatoms. The molecule has 0 saturated heterocycles. The Kier molecular flexibility index (Phi) is 16.4. The second-order valence-electron chi connectivity index (χ2n) is 13.3. The zero-order valence-electron chi connectivity index (χ0n) is 32.4. The molecule has 59 heavy (non-hydrogen) atoms. The number of nitrogens with zero attached hydrogens (tertiary/aromatic N) is 3. The van der Waals surface area contributed by atoms with Crippen LogP contribution in [0.1, 0.15) is 36.3 Å². The van der Waals surface area contributed by atoms with E-state index in [1.54, 1.807) is 23.1 Å². The number of benzene rings is 4. The fourth-order valence-electron chi connectivity index (χ4n) is 7.03. The summed E-state index contributed by atoms with van der Waals surface area (Å²) >= 11 is 6.68. The Morgan fingerprint density at radius 1 is 0.814 bits per heavy atom. The Morgan fingerprint density at radius 2 is 1.54 bits per heavy atom. The van der Waals surface area contributed by atoms with Gasteiger partial charge in [0.2, 0.25) is 5.52 Å². The van der Waals surface area contributed by atoms with Crippen LogP contribution < -0.4 is 24.9 Å². The van der Waals surface area contributed by atoms with Crippen LogP contribution in [-0.4, -0.2) is 25.2 Å². The van der Waals surface area contributed by atoms with E-state index < -0.39 is 0 Å². The Labute approximate surface area is 365 Å². The summed E-state index contributed by atoms with van der Waals surface area (Å²) in [5, 5.41) is 30.1. The topological polar surface area (TPSA) is 112 Å². The van der Waals surface area contributed by atoms with Crippen molar-refractivity contribution in [2.45, 2.75) is 48.9 Å². The van der Waals surface area contributed by atoms with Gasteiger partial charge in [-0.1, -0.05) is 71.6 Å². The number of para-hydroxylation sites is 2. The highest BCUT2D eigenvalue weighted by Crippen LogP contribution is 2.47. The fraction of sp³-hybridized carbons (Fsp3) is 0.233. The van der Waals surface area contributed by atoms with Gasteiger partial charge >= 0.3 is 0 Å². The summed E-state index contributed by atoms with van der Waals surface area (Å²) in [6, 6.07) is 33.9. The van der Waals surface area contributed by atoms with E-state index in [-0.39, 0.29) is 0 Å². The molecule has 0 unspecified atom stereocenters. The van der Waals surface area contributed by atoms with Crippen molar-refractivity contribution in [1.29, 1.82) is 0 Å². The van der Waals surface area contributed by atoms with Crippen molar-refractivity contribution in [3.63, 3.8) is 0 Å². The Balaban J connectivity index is 1.30. The summed E-state index contributed by atoms with van der Waals surface area (Å²) in [7, 11) is 1.49. The van der Waals surface area contributed by atoms with E-state index in [9.17, 15) is 10.5 Å². The quantitative estimate of drug-likeness (QED) is 0.0229. The first kappa shape index (κ1) is 43.5. The first-order valence-electron chi connectivity index (χ1n) is 18.9. The molecule has 0 amide bonds. The summed E-state index contributed by atoms with van der Waals surface area (Å²) in [6.07, 6.45) is 12.3. The van der Waals surface area contributed by atoms with Gasteiger partial charge in [-0.3, -0.25) is 10.1 Å². The number of hydrogen-bond donors (Lipinski definition) is 0. The van der Waals surface area contributed by atoms with E-state index in [0.29, 0.717) is 18.1 Å². The molecular formula is C43H42N3O8S5-. The first-order valence-corrected chi connectivity index (χ1v) is 23.1. The Bertz CT molecular complexity index is 2250. The molecule has 0 atom stereocenters. The van der Waals surface area contributed by atoms with Gasteiger partial charge in [0.05, 0.1) is 35.6 Å². The number of fused-ring (bicyclic) bond motifs is 2. The maximum atomic E-state index is 10.4. The molecule has 0 fully saturated rings. The minimum Gasteiger partial charge on any atom is -0.691 e. The standard InChI is InChI=1S/C43H43N3O8S5/c1-31-15-21-39-37(29-31)44(25-9-27-55-53-50-47)41(57-39)23-18-32-16-17-33(43(32)46(34-11-5-3-6-12-34)35-13-7-4-8-14-35)19-24-42-45(26-10-28-56-54-51-48)38-30-36(59-52-49-2)20-22-40(38)58-42/h3-8,11-15,18-24,29-30H,9-10,16-17,25-28H2,1-2H3,(H-,47,48)/p-1. The highest BCUT2D eigenvalue weighted by molar-refractivity contribution is 8.03. The van der Waals surface area contributed by atoms with Gasteiger partial charge < -0.3 is 20.3 Å². The SMILES string of the molecule is COOSc1ccc2sc(/C=C/C3=C(N(c4ccccc4)c4ccccc4)C(=C/C=C4\Sc5ccc(C)cc5N4CCCSOO[O-])/CC3)[n+](CCCSOO[O-])c2c1. The lowest BCUT2D eigenvalue weighted by Gasteiger charge is -2.28. The van der Waals surface area contributed by atoms with Gasteiger partial charge in [-0.15, -0.1) is 0 Å². The molecule has 308 valence electrons. The number of thioether (sulfide) groups is 1. The molecule has 7 rings (SSSR count). The van der Waals surface area contributed by atoms with Gasteiger partial charge in [0.15, 0.2) is 6.54 Å². The molecule has 1 aromatic heterocycles. The number of hydrogen-bond acceptors (Lipinski definition) is 15. The monoisotopic (exact) mass is 888 g/mol. The molecule has 2 aliphatic rings. The van der Waals surface area contributed by atoms with Crippen LogP contribution in [-0.2, 0) is 34.5 Å². The molecular weight excluding hydrogens is 847 g/mol. The van der Waals surface area contributed by atoms with Crippen LogP contribution in [0.2, 0.25) is 0 Å². The van der Waals surface area contributed by atoms with E-state index in [1.165, 1.54) is 46.4 Å². The summed E-state index contributed by atoms with van der Waals surface area (Å²) in [6.45, 7) is 3.58. The molecule has 11 nitrogen and oxygen atoms in total. The van der Waals surface area contributed by atoms with Crippen molar-refractivity contribution < 1.29 is 43.0 Å². The van der Waals surface area contributed by atoms with Gasteiger partial charge in [-0.05, 0) is 104 Å². The highest BCUT2D eigenvalue weighted by atomic mass is 32.2. The zero-order chi connectivity index (χ0) is 40.8. The van der Waals surface area contributed by atoms with Crippen LogP contribution in [0.25, 0.3) is 16.3 Å². The predicted molar refractivity (Wildman–Crippen MR) is 235 cm³/mol. The van der Waals surface area contributed by atoms with Crippen molar-refractivity contribution in [3.05, 3.63) is 148 Å². The Morgan fingerprint density at radius 3 is 2.25 bits per heavy atom. The number of aryl methyl sites for hydroxylation is 2. The van der Waals surface area contributed by atoms with Crippen molar-refractivity contribution >= 4 is 92.6 Å².